The Morgan fingerprint density at radius 2 is 2.06 bits per heavy atom. The predicted molar refractivity (Wildman–Crippen MR) is 64.8 cm³/mol. The van der Waals surface area contributed by atoms with Crippen LogP contribution in [0.5, 0.6) is 5.75 Å². The summed E-state index contributed by atoms with van der Waals surface area (Å²) >= 11 is 3.86. The number of thiol groups is 1. The first-order valence-electron chi connectivity index (χ1n) is 4.89. The van der Waals surface area contributed by atoms with Gasteiger partial charge in [0, 0.05) is 5.75 Å². The fourth-order valence-corrected chi connectivity index (χ4v) is 1.56. The van der Waals surface area contributed by atoms with E-state index in [2.05, 4.69) is 12.6 Å². The molecule has 2 unspecified atom stereocenters. The maximum absolute atomic E-state index is 10.9. The molecule has 0 aliphatic rings. The highest BCUT2D eigenvalue weighted by atomic mass is 32.1. The van der Waals surface area contributed by atoms with E-state index in [1.807, 2.05) is 0 Å². The number of carboxylic acid groups (broad SMARTS) is 1. The van der Waals surface area contributed by atoms with Gasteiger partial charge in [-0.2, -0.15) is 12.6 Å². The van der Waals surface area contributed by atoms with Crippen molar-refractivity contribution in [2.75, 3.05) is 12.9 Å². The van der Waals surface area contributed by atoms with Gasteiger partial charge in [0.1, 0.15) is 11.9 Å². The van der Waals surface area contributed by atoms with Gasteiger partial charge in [0.05, 0.1) is 18.8 Å². The molecule has 17 heavy (non-hydrogen) atoms. The van der Waals surface area contributed by atoms with E-state index < -0.39 is 18.2 Å². The van der Waals surface area contributed by atoms with E-state index in [1.54, 1.807) is 0 Å². The maximum Gasteiger partial charge on any atom is 0.335 e. The molecule has 0 radical (unpaired) electrons. The van der Waals surface area contributed by atoms with Gasteiger partial charge in [-0.25, -0.2) is 4.79 Å². The molecular formula is C11H14O5S. The van der Waals surface area contributed by atoms with E-state index in [4.69, 9.17) is 9.84 Å². The molecule has 0 aliphatic carbocycles. The van der Waals surface area contributed by atoms with Crippen molar-refractivity contribution in [3.63, 3.8) is 0 Å². The summed E-state index contributed by atoms with van der Waals surface area (Å²) in [7, 11) is 1.40. The zero-order chi connectivity index (χ0) is 13.0. The van der Waals surface area contributed by atoms with Crippen LogP contribution in [0.4, 0.5) is 0 Å². The van der Waals surface area contributed by atoms with E-state index in [1.165, 1.54) is 25.3 Å². The van der Waals surface area contributed by atoms with Crippen LogP contribution in [0.2, 0.25) is 0 Å². The monoisotopic (exact) mass is 258 g/mol. The van der Waals surface area contributed by atoms with Gasteiger partial charge in [0.2, 0.25) is 0 Å². The Morgan fingerprint density at radius 1 is 1.41 bits per heavy atom. The second-order valence-electron chi connectivity index (χ2n) is 3.49. The van der Waals surface area contributed by atoms with Crippen molar-refractivity contribution in [1.29, 1.82) is 0 Å². The molecule has 0 saturated carbocycles. The van der Waals surface area contributed by atoms with Gasteiger partial charge in [-0.15, -0.1) is 0 Å². The van der Waals surface area contributed by atoms with Crippen LogP contribution in [0.3, 0.4) is 0 Å². The van der Waals surface area contributed by atoms with Crippen molar-refractivity contribution in [2.24, 2.45) is 0 Å². The van der Waals surface area contributed by atoms with Crippen LogP contribution in [-0.4, -0.2) is 40.3 Å². The molecule has 0 amide bonds. The van der Waals surface area contributed by atoms with E-state index in [0.717, 1.165) is 0 Å². The molecule has 94 valence electrons. The lowest BCUT2D eigenvalue weighted by molar-refractivity contribution is 0.0335. The lowest BCUT2D eigenvalue weighted by atomic mass is 10.0. The first kappa shape index (κ1) is 13.8. The van der Waals surface area contributed by atoms with Gasteiger partial charge >= 0.3 is 5.97 Å². The molecule has 1 rings (SSSR count). The number of ether oxygens (including phenoxy) is 1. The smallest absolute Gasteiger partial charge is 0.335 e. The quantitative estimate of drug-likeness (QED) is 0.585. The summed E-state index contributed by atoms with van der Waals surface area (Å²) in [4.78, 5) is 10.9. The number of hydrogen-bond donors (Lipinski definition) is 4. The molecule has 0 aromatic heterocycles. The second-order valence-corrected chi connectivity index (χ2v) is 3.86. The fourth-order valence-electron chi connectivity index (χ4n) is 1.36. The largest absolute Gasteiger partial charge is 0.497 e. The maximum atomic E-state index is 10.9. The number of aliphatic hydroxyl groups excluding tert-OH is 2. The fraction of sp³-hybridized carbons (Fsp3) is 0.364. The van der Waals surface area contributed by atoms with Gasteiger partial charge in [-0.1, -0.05) is 0 Å². The molecular weight excluding hydrogens is 244 g/mol. The summed E-state index contributed by atoms with van der Waals surface area (Å²) in [6.45, 7) is 0. The van der Waals surface area contributed by atoms with Crippen molar-refractivity contribution >= 4 is 18.6 Å². The van der Waals surface area contributed by atoms with Gasteiger partial charge in [0.15, 0.2) is 0 Å². The molecule has 0 aliphatic heterocycles. The SMILES string of the molecule is COc1cc(C(=O)O)cc(C(O)C(O)CS)c1. The molecule has 1 aromatic rings. The normalized spacial score (nSPS) is 14.1. The van der Waals surface area contributed by atoms with Crippen LogP contribution < -0.4 is 4.74 Å². The summed E-state index contributed by atoms with van der Waals surface area (Å²) in [6.07, 6.45) is -2.26. The standard InChI is InChI=1S/C11H14O5S/c1-16-8-3-6(10(13)9(12)5-17)2-7(4-8)11(14)15/h2-4,9-10,12-13,17H,5H2,1H3,(H,14,15). The molecule has 3 N–H and O–H groups in total. The first-order chi connectivity index (χ1) is 7.99. The van der Waals surface area contributed by atoms with Crippen LogP contribution in [0.1, 0.15) is 22.0 Å². The first-order valence-corrected chi connectivity index (χ1v) is 5.52. The molecule has 0 spiro atoms. The number of benzene rings is 1. The molecule has 0 fully saturated rings. The van der Waals surface area contributed by atoms with E-state index >= 15 is 0 Å². The highest BCUT2D eigenvalue weighted by Crippen LogP contribution is 2.24. The topological polar surface area (TPSA) is 87.0 Å². The van der Waals surface area contributed by atoms with Crippen LogP contribution in [0.15, 0.2) is 18.2 Å². The summed E-state index contributed by atoms with van der Waals surface area (Å²) in [6, 6.07) is 4.11. The molecule has 0 heterocycles. The lowest BCUT2D eigenvalue weighted by Crippen LogP contribution is -2.20. The lowest BCUT2D eigenvalue weighted by Gasteiger charge is -2.17. The third-order valence-electron chi connectivity index (χ3n) is 2.30. The van der Waals surface area contributed by atoms with Crippen molar-refractivity contribution in [3.05, 3.63) is 29.3 Å². The minimum Gasteiger partial charge on any atom is -0.497 e. The number of rotatable bonds is 5. The predicted octanol–water partition coefficient (Wildman–Crippen LogP) is 0.717. The Kier molecular flexibility index (Phi) is 4.80. The third kappa shape index (κ3) is 3.36. The summed E-state index contributed by atoms with van der Waals surface area (Å²) < 4.78 is 4.93. The molecule has 6 heteroatoms. The molecule has 0 bridgehead atoms. The van der Waals surface area contributed by atoms with Crippen LogP contribution in [-0.2, 0) is 0 Å². The Bertz CT molecular complexity index is 407. The number of aromatic carboxylic acids is 1. The van der Waals surface area contributed by atoms with E-state index in [0.29, 0.717) is 5.75 Å². The van der Waals surface area contributed by atoms with Crippen molar-refractivity contribution in [2.45, 2.75) is 12.2 Å². The molecule has 5 nitrogen and oxygen atoms in total. The van der Waals surface area contributed by atoms with Crippen LogP contribution >= 0.6 is 12.6 Å². The van der Waals surface area contributed by atoms with Gasteiger partial charge < -0.3 is 20.1 Å². The average molecular weight is 258 g/mol. The van der Waals surface area contributed by atoms with Crippen molar-refractivity contribution < 1.29 is 24.9 Å². The van der Waals surface area contributed by atoms with Gasteiger partial charge in [-0.05, 0) is 23.8 Å². The Balaban J connectivity index is 3.14. The van der Waals surface area contributed by atoms with Crippen molar-refractivity contribution in [3.8, 4) is 5.75 Å². The zero-order valence-electron chi connectivity index (χ0n) is 9.20. The van der Waals surface area contributed by atoms with Crippen LogP contribution in [0, 0.1) is 0 Å². The third-order valence-corrected chi connectivity index (χ3v) is 2.68. The van der Waals surface area contributed by atoms with Crippen molar-refractivity contribution in [1.82, 2.24) is 0 Å². The highest BCUT2D eigenvalue weighted by Gasteiger charge is 2.19. The summed E-state index contributed by atoms with van der Waals surface area (Å²) in [5.74, 6) is -0.746. The summed E-state index contributed by atoms with van der Waals surface area (Å²) in [5, 5.41) is 28.1. The number of carboxylic acids is 1. The zero-order valence-corrected chi connectivity index (χ0v) is 10.1. The number of hydrogen-bond acceptors (Lipinski definition) is 5. The summed E-state index contributed by atoms with van der Waals surface area (Å²) in [5.41, 5.74) is 0.271. The van der Waals surface area contributed by atoms with E-state index in [9.17, 15) is 15.0 Å². The Morgan fingerprint density at radius 3 is 2.53 bits per heavy atom. The second kappa shape index (κ2) is 5.90. The van der Waals surface area contributed by atoms with Gasteiger partial charge in [0.25, 0.3) is 0 Å². The Hall–Kier alpha value is -1.24. The number of carbonyl (C=O) groups is 1. The minimum absolute atomic E-state index is 0.00948. The van der Waals surface area contributed by atoms with E-state index in [-0.39, 0.29) is 16.9 Å². The van der Waals surface area contributed by atoms with Gasteiger partial charge in [-0.3, -0.25) is 0 Å². The molecule has 1 aromatic carbocycles. The Labute approximate surface area is 104 Å². The van der Waals surface area contributed by atoms with Crippen LogP contribution in [0.25, 0.3) is 0 Å². The number of methoxy groups -OCH3 is 1. The average Bonchev–Trinajstić information content (AvgIpc) is 2.36. The molecule has 2 atom stereocenters. The number of aliphatic hydroxyl groups is 2. The minimum atomic E-state index is -1.19. The molecule has 0 saturated heterocycles. The highest BCUT2D eigenvalue weighted by molar-refractivity contribution is 7.80.